The third kappa shape index (κ3) is 2.02. The summed E-state index contributed by atoms with van der Waals surface area (Å²) in [7, 11) is 0. The molecular weight excluding hydrogens is 232 g/mol. The fraction of sp³-hybridized carbons (Fsp3) is 0.0833. The van der Waals surface area contributed by atoms with Crippen LogP contribution in [0.4, 0.5) is 10.8 Å². The smallest absolute Gasteiger partial charge is 0.187 e. The summed E-state index contributed by atoms with van der Waals surface area (Å²) in [6.45, 7) is 0.481. The van der Waals surface area contributed by atoms with Crippen molar-refractivity contribution < 1.29 is 0 Å². The molecule has 0 saturated heterocycles. The Bertz CT molecular complexity index is 641. The van der Waals surface area contributed by atoms with Gasteiger partial charge in [-0.1, -0.05) is 0 Å². The monoisotopic (exact) mass is 244 g/mol. The molecule has 0 aliphatic carbocycles. The molecule has 3 rings (SSSR count). The molecule has 0 spiro atoms. The molecule has 1 aromatic carbocycles. The molecule has 5 heteroatoms. The number of nitrogens with one attached hydrogen (secondary N) is 2. The summed E-state index contributed by atoms with van der Waals surface area (Å²) in [6, 6.07) is 8.22. The maximum absolute atomic E-state index is 5.53. The highest BCUT2D eigenvalue weighted by Crippen LogP contribution is 2.23. The molecule has 17 heavy (non-hydrogen) atoms. The predicted molar refractivity (Wildman–Crippen MR) is 71.6 cm³/mol. The Morgan fingerprint density at radius 2 is 2.29 bits per heavy atom. The Hall–Kier alpha value is -1.85. The number of nitrogens with two attached hydrogens (primary N) is 1. The van der Waals surface area contributed by atoms with Crippen LogP contribution in [0.2, 0.25) is 0 Å². The van der Waals surface area contributed by atoms with E-state index in [-0.39, 0.29) is 0 Å². The maximum atomic E-state index is 5.53. The summed E-state index contributed by atoms with van der Waals surface area (Å²) in [5.41, 5.74) is 8.62. The standard InChI is InChI=1S/C12H12N4S/c13-6-10-7-17-12(16-10)15-9-1-2-11-8(5-9)3-4-14-11/h1-5,7,14H,6,13H2,(H,15,16). The Morgan fingerprint density at radius 3 is 3.12 bits per heavy atom. The van der Waals surface area contributed by atoms with Crippen molar-refractivity contribution >= 4 is 33.1 Å². The number of hydrogen-bond acceptors (Lipinski definition) is 4. The fourth-order valence-electron chi connectivity index (χ4n) is 1.71. The van der Waals surface area contributed by atoms with Gasteiger partial charge in [0, 0.05) is 34.7 Å². The number of thiazole rings is 1. The Morgan fingerprint density at radius 1 is 1.35 bits per heavy atom. The second-order valence-corrected chi connectivity index (χ2v) is 4.61. The van der Waals surface area contributed by atoms with Crippen LogP contribution in [-0.4, -0.2) is 9.97 Å². The average Bonchev–Trinajstić information content (AvgIpc) is 2.96. The van der Waals surface area contributed by atoms with Gasteiger partial charge in [-0.2, -0.15) is 0 Å². The first-order valence-corrected chi connectivity index (χ1v) is 6.22. The van der Waals surface area contributed by atoms with Crippen LogP contribution in [0, 0.1) is 0 Å². The van der Waals surface area contributed by atoms with Crippen LogP contribution in [0.5, 0.6) is 0 Å². The quantitative estimate of drug-likeness (QED) is 0.663. The number of fused-ring (bicyclic) bond motifs is 1. The van der Waals surface area contributed by atoms with Crippen molar-refractivity contribution in [3.63, 3.8) is 0 Å². The summed E-state index contributed by atoms with van der Waals surface area (Å²) >= 11 is 1.57. The van der Waals surface area contributed by atoms with Crippen LogP contribution in [0.3, 0.4) is 0 Å². The van der Waals surface area contributed by atoms with E-state index in [2.05, 4.69) is 27.4 Å². The van der Waals surface area contributed by atoms with Crippen molar-refractivity contribution in [1.29, 1.82) is 0 Å². The van der Waals surface area contributed by atoms with Gasteiger partial charge in [-0.05, 0) is 24.3 Å². The number of aromatic amines is 1. The lowest BCUT2D eigenvalue weighted by molar-refractivity contribution is 1.01. The molecule has 0 bridgehead atoms. The number of anilines is 2. The van der Waals surface area contributed by atoms with E-state index in [0.717, 1.165) is 22.0 Å². The van der Waals surface area contributed by atoms with E-state index in [4.69, 9.17) is 5.73 Å². The van der Waals surface area contributed by atoms with Crippen molar-refractivity contribution in [1.82, 2.24) is 9.97 Å². The van der Waals surface area contributed by atoms with Crippen LogP contribution in [0.15, 0.2) is 35.8 Å². The molecule has 3 aromatic rings. The van der Waals surface area contributed by atoms with Crippen LogP contribution in [0.1, 0.15) is 5.69 Å². The molecule has 0 saturated carbocycles. The Balaban J connectivity index is 1.88. The van der Waals surface area contributed by atoms with Gasteiger partial charge in [0.05, 0.1) is 5.69 Å². The number of nitrogens with zero attached hydrogens (tertiary/aromatic N) is 1. The molecule has 0 aliphatic heterocycles. The normalized spacial score (nSPS) is 10.9. The minimum atomic E-state index is 0.481. The Labute approximate surface area is 102 Å². The van der Waals surface area contributed by atoms with E-state index in [1.54, 1.807) is 11.3 Å². The molecule has 2 heterocycles. The Kier molecular flexibility index (Phi) is 2.55. The third-order valence-corrected chi connectivity index (χ3v) is 3.37. The molecule has 0 atom stereocenters. The highest BCUT2D eigenvalue weighted by atomic mass is 32.1. The van der Waals surface area contributed by atoms with Gasteiger partial charge in [-0.3, -0.25) is 0 Å². The average molecular weight is 244 g/mol. The van der Waals surface area contributed by atoms with Crippen molar-refractivity contribution in [2.75, 3.05) is 5.32 Å². The van der Waals surface area contributed by atoms with Gasteiger partial charge < -0.3 is 16.0 Å². The van der Waals surface area contributed by atoms with Crippen molar-refractivity contribution in [3.05, 3.63) is 41.5 Å². The first kappa shape index (κ1) is 10.3. The van der Waals surface area contributed by atoms with Gasteiger partial charge in [0.15, 0.2) is 5.13 Å². The van der Waals surface area contributed by atoms with E-state index in [0.29, 0.717) is 6.54 Å². The number of H-pyrrole nitrogens is 1. The van der Waals surface area contributed by atoms with E-state index in [1.165, 1.54) is 5.39 Å². The van der Waals surface area contributed by atoms with Crippen LogP contribution in [0.25, 0.3) is 10.9 Å². The molecule has 4 N–H and O–H groups in total. The fourth-order valence-corrected chi connectivity index (χ4v) is 2.46. The highest BCUT2D eigenvalue weighted by molar-refractivity contribution is 7.13. The van der Waals surface area contributed by atoms with Gasteiger partial charge in [-0.15, -0.1) is 11.3 Å². The topological polar surface area (TPSA) is 66.7 Å². The van der Waals surface area contributed by atoms with Crippen molar-refractivity contribution in [2.45, 2.75) is 6.54 Å². The first-order valence-electron chi connectivity index (χ1n) is 5.34. The number of hydrogen-bond donors (Lipinski definition) is 3. The molecule has 0 amide bonds. The second kappa shape index (κ2) is 4.20. The van der Waals surface area contributed by atoms with E-state index >= 15 is 0 Å². The van der Waals surface area contributed by atoms with Gasteiger partial charge in [0.1, 0.15) is 0 Å². The molecule has 0 aliphatic rings. The highest BCUT2D eigenvalue weighted by Gasteiger charge is 2.02. The molecule has 0 unspecified atom stereocenters. The van der Waals surface area contributed by atoms with Crippen LogP contribution < -0.4 is 11.1 Å². The zero-order chi connectivity index (χ0) is 11.7. The molecular formula is C12H12N4S. The molecule has 2 aromatic heterocycles. The zero-order valence-electron chi connectivity index (χ0n) is 9.10. The van der Waals surface area contributed by atoms with Crippen LogP contribution >= 0.6 is 11.3 Å². The van der Waals surface area contributed by atoms with Crippen LogP contribution in [-0.2, 0) is 6.54 Å². The summed E-state index contributed by atoms with van der Waals surface area (Å²) in [5.74, 6) is 0. The summed E-state index contributed by atoms with van der Waals surface area (Å²) in [6.07, 6.45) is 1.93. The molecule has 0 fully saturated rings. The zero-order valence-corrected chi connectivity index (χ0v) is 9.92. The summed E-state index contributed by atoms with van der Waals surface area (Å²) < 4.78 is 0. The summed E-state index contributed by atoms with van der Waals surface area (Å²) in [4.78, 5) is 7.53. The predicted octanol–water partition coefficient (Wildman–Crippen LogP) is 2.83. The molecule has 86 valence electrons. The van der Waals surface area contributed by atoms with Gasteiger partial charge in [0.2, 0.25) is 0 Å². The number of benzene rings is 1. The van der Waals surface area contributed by atoms with E-state index in [1.807, 2.05) is 23.7 Å². The lowest BCUT2D eigenvalue weighted by Crippen LogP contribution is -1.96. The van der Waals surface area contributed by atoms with Gasteiger partial charge >= 0.3 is 0 Å². The van der Waals surface area contributed by atoms with Gasteiger partial charge in [0.25, 0.3) is 0 Å². The number of aromatic nitrogens is 2. The molecule has 0 radical (unpaired) electrons. The summed E-state index contributed by atoms with van der Waals surface area (Å²) in [5, 5.41) is 7.31. The largest absolute Gasteiger partial charge is 0.361 e. The van der Waals surface area contributed by atoms with Crippen molar-refractivity contribution in [2.24, 2.45) is 5.73 Å². The third-order valence-electron chi connectivity index (χ3n) is 2.57. The van der Waals surface area contributed by atoms with E-state index < -0.39 is 0 Å². The first-order chi connectivity index (χ1) is 8.35. The lowest BCUT2D eigenvalue weighted by Gasteiger charge is -2.02. The number of rotatable bonds is 3. The lowest BCUT2D eigenvalue weighted by atomic mass is 10.2. The minimum absolute atomic E-state index is 0.481. The SMILES string of the molecule is NCc1csc(Nc2ccc3[nH]ccc3c2)n1. The molecule has 4 nitrogen and oxygen atoms in total. The van der Waals surface area contributed by atoms with Crippen molar-refractivity contribution in [3.8, 4) is 0 Å². The maximum Gasteiger partial charge on any atom is 0.187 e. The minimum Gasteiger partial charge on any atom is -0.361 e. The van der Waals surface area contributed by atoms with E-state index in [9.17, 15) is 0 Å². The second-order valence-electron chi connectivity index (χ2n) is 3.75. The van der Waals surface area contributed by atoms with Gasteiger partial charge in [-0.25, -0.2) is 4.98 Å².